The molecule has 2 atom stereocenters. The van der Waals surface area contributed by atoms with Gasteiger partial charge in [0.05, 0.1) is 18.9 Å². The lowest BCUT2D eigenvalue weighted by molar-refractivity contribution is -0.497. The van der Waals surface area contributed by atoms with Crippen molar-refractivity contribution >= 4 is 17.4 Å². The highest BCUT2D eigenvalue weighted by Gasteiger charge is 2.53. The third-order valence-corrected chi connectivity index (χ3v) is 3.72. The number of aromatic nitrogens is 1. The summed E-state index contributed by atoms with van der Waals surface area (Å²) in [5.74, 6) is -0.149. The minimum absolute atomic E-state index is 0.306. The Morgan fingerprint density at radius 3 is 2.90 bits per heavy atom. The Hall–Kier alpha value is -2.22. The lowest BCUT2D eigenvalue weighted by atomic mass is 10.3. The lowest BCUT2D eigenvalue weighted by Gasteiger charge is -2.29. The molecule has 0 bridgehead atoms. The van der Waals surface area contributed by atoms with Crippen molar-refractivity contribution in [3.8, 4) is 0 Å². The van der Waals surface area contributed by atoms with Gasteiger partial charge in [-0.1, -0.05) is 0 Å². The predicted molar refractivity (Wildman–Crippen MR) is 74.8 cm³/mol. The van der Waals surface area contributed by atoms with Crippen LogP contribution in [0, 0.1) is 16.0 Å². The summed E-state index contributed by atoms with van der Waals surface area (Å²) >= 11 is 0. The molecule has 0 spiro atoms. The van der Waals surface area contributed by atoms with Crippen molar-refractivity contribution in [1.82, 2.24) is 4.98 Å². The second-order valence-electron chi connectivity index (χ2n) is 5.16. The van der Waals surface area contributed by atoms with Crippen LogP contribution >= 0.6 is 0 Å². The first-order valence-corrected chi connectivity index (χ1v) is 6.89. The van der Waals surface area contributed by atoms with Gasteiger partial charge >= 0.3 is 0 Å². The number of nitro groups is 1. The van der Waals surface area contributed by atoms with Gasteiger partial charge in [0.1, 0.15) is 5.92 Å². The fourth-order valence-electron chi connectivity index (χ4n) is 2.44. The molecule has 1 aromatic rings. The zero-order chi connectivity index (χ0) is 14.8. The van der Waals surface area contributed by atoms with Crippen LogP contribution in [0.15, 0.2) is 18.3 Å². The third-order valence-electron chi connectivity index (χ3n) is 3.72. The molecule has 2 heterocycles. The molecule has 21 heavy (non-hydrogen) atoms. The smallest absolute Gasteiger partial charge is 0.234 e. The summed E-state index contributed by atoms with van der Waals surface area (Å²) < 4.78 is 5.30. The number of carbonyl (C=O) groups is 1. The van der Waals surface area contributed by atoms with E-state index in [0.29, 0.717) is 44.2 Å². The highest BCUT2D eigenvalue weighted by Crippen LogP contribution is 2.35. The maximum Gasteiger partial charge on any atom is 0.234 e. The fraction of sp³-hybridized carbons (Fsp3) is 0.538. The molecule has 1 amide bonds. The van der Waals surface area contributed by atoms with Crippen LogP contribution in [-0.4, -0.2) is 48.2 Å². The molecular formula is C13H16N4O4. The maximum absolute atomic E-state index is 12.0. The summed E-state index contributed by atoms with van der Waals surface area (Å²) in [5.41, 5.74) is 0.596. The number of amides is 1. The van der Waals surface area contributed by atoms with Gasteiger partial charge in [-0.05, 0) is 12.1 Å². The zero-order valence-corrected chi connectivity index (χ0v) is 11.4. The van der Waals surface area contributed by atoms with Crippen molar-refractivity contribution in [2.24, 2.45) is 5.92 Å². The van der Waals surface area contributed by atoms with Crippen LogP contribution in [0.2, 0.25) is 0 Å². The molecule has 1 aliphatic heterocycles. The van der Waals surface area contributed by atoms with Gasteiger partial charge in [-0.2, -0.15) is 0 Å². The number of ether oxygens (including phenoxy) is 1. The van der Waals surface area contributed by atoms with Gasteiger partial charge in [0.2, 0.25) is 11.9 Å². The van der Waals surface area contributed by atoms with Crippen molar-refractivity contribution in [2.75, 3.05) is 36.5 Å². The molecule has 0 radical (unpaired) electrons. The van der Waals surface area contributed by atoms with Gasteiger partial charge in [0, 0.05) is 30.6 Å². The first kappa shape index (κ1) is 13.7. The van der Waals surface area contributed by atoms with Crippen molar-refractivity contribution < 1.29 is 14.5 Å². The van der Waals surface area contributed by atoms with Gasteiger partial charge in [-0.15, -0.1) is 0 Å². The monoisotopic (exact) mass is 292 g/mol. The van der Waals surface area contributed by atoms with E-state index in [2.05, 4.69) is 10.3 Å². The number of carbonyl (C=O) groups excluding carboxylic acids is 1. The van der Waals surface area contributed by atoms with E-state index in [9.17, 15) is 14.9 Å². The predicted octanol–water partition coefficient (Wildman–Crippen LogP) is 0.522. The molecular weight excluding hydrogens is 276 g/mol. The number of pyridine rings is 1. The standard InChI is InChI=1S/C13H16N4O4/c18-13(9-8-11(9)17(19)20)15-10-2-1-3-14-12(10)16-4-6-21-7-5-16/h1-3,9,11H,4-8H2,(H,15,18)/t9-,11+/m0/s1. The molecule has 2 fully saturated rings. The topological polar surface area (TPSA) is 97.6 Å². The first-order chi connectivity index (χ1) is 10.2. The first-order valence-electron chi connectivity index (χ1n) is 6.89. The summed E-state index contributed by atoms with van der Waals surface area (Å²) in [5, 5.41) is 13.4. The number of morpholine rings is 1. The number of anilines is 2. The SMILES string of the molecule is O=C(Nc1cccnc1N1CCOCC1)[C@H]1C[C@H]1[N+](=O)[O-]. The van der Waals surface area contributed by atoms with E-state index in [-0.39, 0.29) is 5.91 Å². The highest BCUT2D eigenvalue weighted by molar-refractivity contribution is 5.97. The maximum atomic E-state index is 12.0. The summed E-state index contributed by atoms with van der Waals surface area (Å²) in [6, 6.07) is 2.75. The molecule has 1 aromatic heterocycles. The molecule has 1 aliphatic carbocycles. The van der Waals surface area contributed by atoms with E-state index in [1.807, 2.05) is 4.90 Å². The van der Waals surface area contributed by atoms with E-state index >= 15 is 0 Å². The van der Waals surface area contributed by atoms with Crippen molar-refractivity contribution in [1.29, 1.82) is 0 Å². The van der Waals surface area contributed by atoms with Crippen LogP contribution in [0.1, 0.15) is 6.42 Å². The Bertz CT molecular complexity index is 559. The van der Waals surface area contributed by atoms with E-state index < -0.39 is 16.9 Å². The van der Waals surface area contributed by atoms with Crippen LogP contribution < -0.4 is 10.2 Å². The van der Waals surface area contributed by atoms with E-state index in [1.54, 1.807) is 18.3 Å². The Labute approximate surface area is 121 Å². The van der Waals surface area contributed by atoms with Crippen LogP contribution in [0.3, 0.4) is 0 Å². The largest absolute Gasteiger partial charge is 0.378 e. The summed E-state index contributed by atoms with van der Waals surface area (Å²) in [7, 11) is 0. The molecule has 8 nitrogen and oxygen atoms in total. The molecule has 2 aliphatic rings. The molecule has 0 aromatic carbocycles. The second-order valence-corrected chi connectivity index (χ2v) is 5.16. The minimum Gasteiger partial charge on any atom is -0.378 e. The Kier molecular flexibility index (Phi) is 3.70. The van der Waals surface area contributed by atoms with Gasteiger partial charge in [-0.25, -0.2) is 4.98 Å². The second kappa shape index (κ2) is 5.65. The van der Waals surface area contributed by atoms with Crippen LogP contribution in [0.5, 0.6) is 0 Å². The highest BCUT2D eigenvalue weighted by atomic mass is 16.6. The van der Waals surface area contributed by atoms with Gasteiger partial charge in [0.25, 0.3) is 0 Å². The normalized spacial score (nSPS) is 24.5. The number of rotatable bonds is 4. The van der Waals surface area contributed by atoms with Crippen LogP contribution in [-0.2, 0) is 9.53 Å². The number of nitrogens with one attached hydrogen (secondary N) is 1. The lowest BCUT2D eigenvalue weighted by Crippen LogP contribution is -2.37. The molecule has 8 heteroatoms. The van der Waals surface area contributed by atoms with Gasteiger partial charge in [-0.3, -0.25) is 14.9 Å². The molecule has 112 valence electrons. The molecule has 3 rings (SSSR count). The van der Waals surface area contributed by atoms with Gasteiger partial charge < -0.3 is 15.0 Å². The van der Waals surface area contributed by atoms with Crippen molar-refractivity contribution in [3.63, 3.8) is 0 Å². The van der Waals surface area contributed by atoms with E-state index in [0.717, 1.165) is 0 Å². The molecule has 1 N–H and O–H groups in total. The third kappa shape index (κ3) is 2.94. The van der Waals surface area contributed by atoms with Gasteiger partial charge in [0.15, 0.2) is 5.82 Å². The number of hydrogen-bond donors (Lipinski definition) is 1. The Morgan fingerprint density at radius 2 is 2.24 bits per heavy atom. The van der Waals surface area contributed by atoms with Crippen molar-refractivity contribution in [3.05, 3.63) is 28.4 Å². The van der Waals surface area contributed by atoms with Crippen molar-refractivity contribution in [2.45, 2.75) is 12.5 Å². The summed E-state index contributed by atoms with van der Waals surface area (Å²) in [6.45, 7) is 2.66. The average Bonchev–Trinajstić information content (AvgIpc) is 3.29. The zero-order valence-electron chi connectivity index (χ0n) is 11.4. The molecule has 0 unspecified atom stereocenters. The Balaban J connectivity index is 1.70. The molecule has 1 saturated carbocycles. The molecule has 1 saturated heterocycles. The summed E-state index contributed by atoms with van der Waals surface area (Å²) in [4.78, 5) is 28.6. The van der Waals surface area contributed by atoms with E-state index in [4.69, 9.17) is 4.74 Å². The average molecular weight is 292 g/mol. The fourth-order valence-corrected chi connectivity index (χ4v) is 2.44. The summed E-state index contributed by atoms with van der Waals surface area (Å²) in [6.07, 6.45) is 1.98. The number of hydrogen-bond acceptors (Lipinski definition) is 6. The van der Waals surface area contributed by atoms with Crippen LogP contribution in [0.4, 0.5) is 11.5 Å². The van der Waals surface area contributed by atoms with Crippen LogP contribution in [0.25, 0.3) is 0 Å². The Morgan fingerprint density at radius 1 is 1.48 bits per heavy atom. The van der Waals surface area contributed by atoms with E-state index in [1.165, 1.54) is 0 Å². The quantitative estimate of drug-likeness (QED) is 0.642. The number of nitrogens with zero attached hydrogens (tertiary/aromatic N) is 3. The minimum atomic E-state index is -0.742.